The van der Waals surface area contributed by atoms with Crippen LogP contribution < -0.4 is 0 Å². The Kier molecular flexibility index (Phi) is 3.00. The first-order valence-corrected chi connectivity index (χ1v) is 4.05. The average molecular weight is 163 g/mol. The van der Waals surface area contributed by atoms with Gasteiger partial charge < -0.3 is 4.74 Å². The Balaban J connectivity index is 2.35. The lowest BCUT2D eigenvalue weighted by Gasteiger charge is -2.12. The van der Waals surface area contributed by atoms with E-state index in [4.69, 9.17) is 16.3 Å². The van der Waals surface area contributed by atoms with E-state index in [1.54, 1.807) is 0 Å². The summed E-state index contributed by atoms with van der Waals surface area (Å²) in [5.41, 5.74) is 0. The van der Waals surface area contributed by atoms with E-state index in [2.05, 4.69) is 0 Å². The summed E-state index contributed by atoms with van der Waals surface area (Å²) in [6.07, 6.45) is 3.91. The van der Waals surface area contributed by atoms with Gasteiger partial charge in [0.05, 0.1) is 6.61 Å². The first-order valence-electron chi connectivity index (χ1n) is 3.61. The van der Waals surface area contributed by atoms with Crippen LogP contribution in [-0.2, 0) is 9.53 Å². The second kappa shape index (κ2) is 3.81. The van der Waals surface area contributed by atoms with Crippen molar-refractivity contribution in [2.24, 2.45) is 0 Å². The molecule has 0 aromatic heterocycles. The number of carbonyl (C=O) groups excluding carboxylic acids is 1. The number of halogens is 1. The van der Waals surface area contributed by atoms with Crippen molar-refractivity contribution in [3.05, 3.63) is 0 Å². The number of cyclic esters (lactones) is 1. The fraction of sp³-hybridized carbons (Fsp3) is 0.857. The van der Waals surface area contributed by atoms with Crippen molar-refractivity contribution >= 4 is 17.6 Å². The molecule has 1 rings (SSSR count). The monoisotopic (exact) mass is 162 g/mol. The molecule has 1 aliphatic heterocycles. The Labute approximate surface area is 65.5 Å². The van der Waals surface area contributed by atoms with Gasteiger partial charge in [0.25, 0.3) is 0 Å². The number of carbonyl (C=O) groups is 1. The number of alkyl halides is 1. The van der Waals surface area contributed by atoms with Crippen LogP contribution in [0.4, 0.5) is 0 Å². The smallest absolute Gasteiger partial charge is 0.324 e. The molecule has 10 heavy (non-hydrogen) atoms. The van der Waals surface area contributed by atoms with Gasteiger partial charge in [-0.15, -0.1) is 11.6 Å². The van der Waals surface area contributed by atoms with Crippen LogP contribution in [0.3, 0.4) is 0 Å². The van der Waals surface area contributed by atoms with E-state index < -0.39 is 5.38 Å². The van der Waals surface area contributed by atoms with Crippen LogP contribution in [-0.4, -0.2) is 18.0 Å². The Morgan fingerprint density at radius 3 is 3.00 bits per heavy atom. The zero-order chi connectivity index (χ0) is 7.40. The molecule has 0 bridgehead atoms. The van der Waals surface area contributed by atoms with Crippen LogP contribution in [0.2, 0.25) is 0 Å². The maximum atomic E-state index is 10.8. The molecule has 2 nitrogen and oxygen atoms in total. The molecule has 1 atom stereocenters. The zero-order valence-electron chi connectivity index (χ0n) is 5.81. The summed E-state index contributed by atoms with van der Waals surface area (Å²) in [5, 5.41) is -0.403. The Morgan fingerprint density at radius 2 is 2.20 bits per heavy atom. The summed E-state index contributed by atoms with van der Waals surface area (Å²) < 4.78 is 4.82. The SMILES string of the molecule is O=C1OCCCCCC1Cl. The van der Waals surface area contributed by atoms with Gasteiger partial charge >= 0.3 is 5.97 Å². The molecule has 0 N–H and O–H groups in total. The number of esters is 1. The minimum absolute atomic E-state index is 0.249. The number of rotatable bonds is 0. The number of ether oxygens (including phenoxy) is 1. The van der Waals surface area contributed by atoms with Gasteiger partial charge in [0, 0.05) is 0 Å². The van der Waals surface area contributed by atoms with Crippen molar-refractivity contribution < 1.29 is 9.53 Å². The highest BCUT2D eigenvalue weighted by Crippen LogP contribution is 2.13. The molecular weight excluding hydrogens is 152 g/mol. The van der Waals surface area contributed by atoms with Gasteiger partial charge in [-0.2, -0.15) is 0 Å². The molecule has 1 saturated heterocycles. The Hall–Kier alpha value is -0.240. The van der Waals surface area contributed by atoms with Crippen LogP contribution in [0.15, 0.2) is 0 Å². The van der Waals surface area contributed by atoms with Gasteiger partial charge in [0.15, 0.2) is 0 Å². The molecule has 1 unspecified atom stereocenters. The summed E-state index contributed by atoms with van der Waals surface area (Å²) in [7, 11) is 0. The van der Waals surface area contributed by atoms with Crippen molar-refractivity contribution in [1.29, 1.82) is 0 Å². The highest BCUT2D eigenvalue weighted by atomic mass is 35.5. The summed E-state index contributed by atoms with van der Waals surface area (Å²) >= 11 is 5.67. The minimum atomic E-state index is -0.403. The van der Waals surface area contributed by atoms with Crippen LogP contribution in [0, 0.1) is 0 Å². The lowest BCUT2D eigenvalue weighted by atomic mass is 10.1. The lowest BCUT2D eigenvalue weighted by Crippen LogP contribution is -2.20. The van der Waals surface area contributed by atoms with Crippen LogP contribution >= 0.6 is 11.6 Å². The van der Waals surface area contributed by atoms with E-state index in [-0.39, 0.29) is 5.97 Å². The summed E-state index contributed by atoms with van der Waals surface area (Å²) in [6.45, 7) is 0.544. The molecule has 0 radical (unpaired) electrons. The molecule has 0 spiro atoms. The second-order valence-electron chi connectivity index (χ2n) is 2.48. The van der Waals surface area contributed by atoms with Crippen molar-refractivity contribution in [2.75, 3.05) is 6.61 Å². The number of hydrogen-bond acceptors (Lipinski definition) is 2. The highest BCUT2D eigenvalue weighted by molar-refractivity contribution is 6.29. The summed E-state index contributed by atoms with van der Waals surface area (Å²) in [4.78, 5) is 10.8. The van der Waals surface area contributed by atoms with Gasteiger partial charge in [-0.25, -0.2) is 0 Å². The largest absolute Gasteiger partial charge is 0.465 e. The highest BCUT2D eigenvalue weighted by Gasteiger charge is 2.17. The fourth-order valence-corrected chi connectivity index (χ4v) is 1.20. The van der Waals surface area contributed by atoms with Crippen molar-refractivity contribution in [1.82, 2.24) is 0 Å². The van der Waals surface area contributed by atoms with Crippen LogP contribution in [0.25, 0.3) is 0 Å². The van der Waals surface area contributed by atoms with Gasteiger partial charge in [-0.3, -0.25) is 4.79 Å². The maximum Gasteiger partial charge on any atom is 0.324 e. The Morgan fingerprint density at radius 1 is 1.40 bits per heavy atom. The van der Waals surface area contributed by atoms with E-state index in [9.17, 15) is 4.79 Å². The second-order valence-corrected chi connectivity index (χ2v) is 3.01. The van der Waals surface area contributed by atoms with Gasteiger partial charge in [0.2, 0.25) is 0 Å². The normalized spacial score (nSPS) is 28.5. The first kappa shape index (κ1) is 7.86. The molecular formula is C7H11ClO2. The third-order valence-electron chi connectivity index (χ3n) is 1.60. The van der Waals surface area contributed by atoms with E-state index in [1.807, 2.05) is 0 Å². The third kappa shape index (κ3) is 2.18. The fourth-order valence-electron chi connectivity index (χ4n) is 0.983. The van der Waals surface area contributed by atoms with Crippen molar-refractivity contribution in [2.45, 2.75) is 31.1 Å². The third-order valence-corrected chi connectivity index (χ3v) is 2.00. The standard InChI is InChI=1S/C7H11ClO2/c8-6-4-2-1-3-5-10-7(6)9/h6H,1-5H2. The molecule has 58 valence electrons. The van der Waals surface area contributed by atoms with Crippen molar-refractivity contribution in [3.8, 4) is 0 Å². The first-order chi connectivity index (χ1) is 4.80. The summed E-state index contributed by atoms with van der Waals surface area (Å²) in [5.74, 6) is -0.249. The molecule has 0 amide bonds. The predicted octanol–water partition coefficient (Wildman–Crippen LogP) is 1.71. The summed E-state index contributed by atoms with van der Waals surface area (Å²) in [6, 6.07) is 0. The molecule has 1 aliphatic rings. The van der Waals surface area contributed by atoms with E-state index in [1.165, 1.54) is 0 Å². The Bertz CT molecular complexity index is 125. The van der Waals surface area contributed by atoms with Crippen LogP contribution in [0.5, 0.6) is 0 Å². The predicted molar refractivity (Wildman–Crippen MR) is 39.1 cm³/mol. The van der Waals surface area contributed by atoms with Crippen LogP contribution in [0.1, 0.15) is 25.7 Å². The molecule has 0 aromatic rings. The minimum Gasteiger partial charge on any atom is -0.465 e. The van der Waals surface area contributed by atoms with Gasteiger partial charge in [-0.05, 0) is 19.3 Å². The van der Waals surface area contributed by atoms with E-state index in [0.717, 1.165) is 25.7 Å². The average Bonchev–Trinajstić information content (AvgIpc) is 1.92. The topological polar surface area (TPSA) is 26.3 Å². The molecule has 1 fully saturated rings. The van der Waals surface area contributed by atoms with E-state index >= 15 is 0 Å². The molecule has 0 saturated carbocycles. The molecule has 0 aromatic carbocycles. The zero-order valence-corrected chi connectivity index (χ0v) is 6.56. The van der Waals surface area contributed by atoms with Gasteiger partial charge in [0.1, 0.15) is 5.38 Å². The number of hydrogen-bond donors (Lipinski definition) is 0. The molecule has 3 heteroatoms. The molecule has 1 heterocycles. The van der Waals surface area contributed by atoms with Crippen molar-refractivity contribution in [3.63, 3.8) is 0 Å². The van der Waals surface area contributed by atoms with E-state index in [0.29, 0.717) is 6.61 Å². The maximum absolute atomic E-state index is 10.8. The lowest BCUT2D eigenvalue weighted by molar-refractivity contribution is -0.144. The molecule has 0 aliphatic carbocycles. The van der Waals surface area contributed by atoms with Gasteiger partial charge in [-0.1, -0.05) is 6.42 Å². The quantitative estimate of drug-likeness (QED) is 0.401.